The van der Waals surface area contributed by atoms with E-state index in [1.54, 1.807) is 67.8 Å². The first-order valence-electron chi connectivity index (χ1n) is 17.2. The topological polar surface area (TPSA) is 94.6 Å². The highest BCUT2D eigenvalue weighted by molar-refractivity contribution is 6.68. The molecule has 0 heterocycles. The molecule has 0 aromatic heterocycles. The quantitative estimate of drug-likeness (QED) is 0.114. The Balaban J connectivity index is 0.000000344. The SMILES string of the molecule is CC(C)c1ccc(C(=O)Cl)cc1.CCc1ccc(C(=O)Cl)cc1.COc1cccc(C(C)=O)c1.Cc1ccc(C)c(C(=O)Cl)c1.Cc1cccc(C(=O)Cl)c1. The number of ketones is 1. The molecule has 0 bridgehead atoms. The lowest BCUT2D eigenvalue weighted by molar-refractivity contribution is 0.101. The van der Waals surface area contributed by atoms with E-state index < -0.39 is 15.7 Å². The van der Waals surface area contributed by atoms with Crippen LogP contribution in [0.3, 0.4) is 0 Å². The Hall–Kier alpha value is -4.59. The van der Waals surface area contributed by atoms with Gasteiger partial charge in [-0.05, 0) is 152 Å². The first kappa shape index (κ1) is 48.4. The summed E-state index contributed by atoms with van der Waals surface area (Å²) >= 11 is 21.1. The summed E-state index contributed by atoms with van der Waals surface area (Å²) in [4.78, 5) is 53.5. The van der Waals surface area contributed by atoms with Gasteiger partial charge in [0.2, 0.25) is 0 Å². The fourth-order valence-electron chi connectivity index (χ4n) is 4.43. The summed E-state index contributed by atoms with van der Waals surface area (Å²) in [5.74, 6) is 1.27. The van der Waals surface area contributed by atoms with Gasteiger partial charge < -0.3 is 4.74 Å². The van der Waals surface area contributed by atoms with Gasteiger partial charge in [-0.2, -0.15) is 0 Å². The number of Topliss-reactive ketones (excluding diaryl/α,β-unsaturated/α-hetero) is 1. The van der Waals surface area contributed by atoms with Crippen molar-refractivity contribution < 1.29 is 28.7 Å². The smallest absolute Gasteiger partial charge is 0.252 e. The molecule has 5 aromatic rings. The van der Waals surface area contributed by atoms with Gasteiger partial charge in [0.1, 0.15) is 5.75 Å². The number of ether oxygens (including phenoxy) is 1. The average molecular weight is 825 g/mol. The first-order chi connectivity index (χ1) is 25.9. The summed E-state index contributed by atoms with van der Waals surface area (Å²) < 4.78 is 4.95. The predicted molar refractivity (Wildman–Crippen MR) is 227 cm³/mol. The van der Waals surface area contributed by atoms with Crippen LogP contribution >= 0.6 is 46.4 Å². The Morgan fingerprint density at radius 2 is 1.05 bits per heavy atom. The van der Waals surface area contributed by atoms with Crippen LogP contribution in [0.15, 0.2) is 115 Å². The van der Waals surface area contributed by atoms with Crippen molar-refractivity contribution in [1.29, 1.82) is 0 Å². The standard InChI is InChI=1S/C10H11ClO.2C9H9ClO.C9H10O2.C8H7ClO/c1-7(2)8-3-5-9(6-4-8)10(11)12;1-6-3-4-7(2)8(5-6)9(10)11;1-2-7-3-5-8(6-4-7)9(10)11;1-7(10)8-4-3-5-9(6-8)11-2;1-6-3-2-4-7(5-6)8(9)10/h3-7H,1-2H3;3-5H,1-2H3;3-6H,2H2,1H3;3-6H,1-2H3;2-5H,1H3. The Bertz CT molecular complexity index is 2020. The summed E-state index contributed by atoms with van der Waals surface area (Å²) in [7, 11) is 1.58. The van der Waals surface area contributed by atoms with E-state index in [2.05, 4.69) is 20.8 Å². The zero-order chi connectivity index (χ0) is 41.7. The van der Waals surface area contributed by atoms with E-state index in [4.69, 9.17) is 51.1 Å². The third kappa shape index (κ3) is 19.0. The number of hydrogen-bond donors (Lipinski definition) is 0. The molecule has 0 aliphatic rings. The summed E-state index contributed by atoms with van der Waals surface area (Å²) in [5.41, 5.74) is 8.42. The largest absolute Gasteiger partial charge is 0.497 e. The highest BCUT2D eigenvalue weighted by atomic mass is 35.5. The number of rotatable bonds is 8. The maximum Gasteiger partial charge on any atom is 0.252 e. The lowest BCUT2D eigenvalue weighted by atomic mass is 10.0. The number of methoxy groups -OCH3 is 1. The highest BCUT2D eigenvalue weighted by Gasteiger charge is 2.05. The Morgan fingerprint density at radius 1 is 0.564 bits per heavy atom. The van der Waals surface area contributed by atoms with Crippen molar-refractivity contribution in [3.63, 3.8) is 0 Å². The molecule has 0 fully saturated rings. The van der Waals surface area contributed by atoms with Crippen LogP contribution in [0.5, 0.6) is 5.75 Å². The molecule has 0 N–H and O–H groups in total. The summed E-state index contributed by atoms with van der Waals surface area (Å²) in [6.45, 7) is 13.5. The number of carbonyl (C=O) groups excluding carboxylic acids is 5. The molecule has 10 heteroatoms. The zero-order valence-corrected chi connectivity index (χ0v) is 35.2. The van der Waals surface area contributed by atoms with Crippen molar-refractivity contribution in [2.45, 2.75) is 60.8 Å². The zero-order valence-electron chi connectivity index (χ0n) is 32.2. The molecule has 0 saturated carbocycles. The van der Waals surface area contributed by atoms with Crippen molar-refractivity contribution in [1.82, 2.24) is 0 Å². The lowest BCUT2D eigenvalue weighted by Crippen LogP contribution is -1.93. The first-order valence-corrected chi connectivity index (χ1v) is 18.7. The van der Waals surface area contributed by atoms with Gasteiger partial charge in [0.25, 0.3) is 21.0 Å². The third-order valence-electron chi connectivity index (χ3n) is 7.72. The van der Waals surface area contributed by atoms with Crippen molar-refractivity contribution in [2.24, 2.45) is 0 Å². The molecule has 0 unspecified atom stereocenters. The van der Waals surface area contributed by atoms with E-state index in [1.165, 1.54) is 18.1 Å². The highest BCUT2D eigenvalue weighted by Crippen LogP contribution is 2.16. The normalized spacial score (nSPS) is 9.69. The second kappa shape index (κ2) is 25.5. The van der Waals surface area contributed by atoms with Crippen LogP contribution < -0.4 is 4.74 Å². The summed E-state index contributed by atoms with van der Waals surface area (Å²) in [6.07, 6.45) is 0.983. The summed E-state index contributed by atoms with van der Waals surface area (Å²) in [6, 6.07) is 34.6. The maximum absolute atomic E-state index is 10.9. The predicted octanol–water partition coefficient (Wildman–Crippen LogP) is 12.8. The van der Waals surface area contributed by atoms with Gasteiger partial charge in [-0.25, -0.2) is 0 Å². The third-order valence-corrected chi connectivity index (χ3v) is 8.58. The van der Waals surface area contributed by atoms with Gasteiger partial charge in [0.15, 0.2) is 5.78 Å². The fraction of sp³-hybridized carbons (Fsp3) is 0.222. The molecule has 0 radical (unpaired) electrons. The van der Waals surface area contributed by atoms with Crippen molar-refractivity contribution in [2.75, 3.05) is 7.11 Å². The molecule has 0 spiro atoms. The van der Waals surface area contributed by atoms with Crippen molar-refractivity contribution in [3.05, 3.63) is 171 Å². The molecule has 6 nitrogen and oxygen atoms in total. The van der Waals surface area contributed by atoms with Gasteiger partial charge >= 0.3 is 0 Å². The van der Waals surface area contributed by atoms with E-state index in [1.807, 2.05) is 75.4 Å². The average Bonchev–Trinajstić information content (AvgIpc) is 3.16. The van der Waals surface area contributed by atoms with E-state index in [0.29, 0.717) is 33.7 Å². The van der Waals surface area contributed by atoms with Crippen LogP contribution in [0.1, 0.15) is 113 Å². The molecule has 290 valence electrons. The fourth-order valence-corrected chi connectivity index (χ4v) is 5.00. The number of benzene rings is 5. The number of hydrogen-bond acceptors (Lipinski definition) is 6. The van der Waals surface area contributed by atoms with Gasteiger partial charge in [-0.15, -0.1) is 0 Å². The van der Waals surface area contributed by atoms with Gasteiger partial charge in [0.05, 0.1) is 7.11 Å². The second-order valence-corrected chi connectivity index (χ2v) is 13.8. The maximum atomic E-state index is 10.9. The molecule has 0 saturated heterocycles. The molecule has 0 amide bonds. The van der Waals surface area contributed by atoms with Crippen LogP contribution in [0.4, 0.5) is 0 Å². The minimum Gasteiger partial charge on any atom is -0.497 e. The molecular weight excluding hydrogens is 778 g/mol. The molecular formula is C45H46Cl4O6. The van der Waals surface area contributed by atoms with Crippen molar-refractivity contribution >= 4 is 73.2 Å². The van der Waals surface area contributed by atoms with E-state index in [9.17, 15) is 24.0 Å². The van der Waals surface area contributed by atoms with Crippen LogP contribution in [-0.2, 0) is 6.42 Å². The Morgan fingerprint density at radius 3 is 1.45 bits per heavy atom. The minimum absolute atomic E-state index is 0.0592. The van der Waals surface area contributed by atoms with Gasteiger partial charge in [0, 0.05) is 27.8 Å². The molecule has 5 aromatic carbocycles. The van der Waals surface area contributed by atoms with Crippen molar-refractivity contribution in [3.8, 4) is 5.75 Å². The second-order valence-electron chi connectivity index (χ2n) is 12.4. The van der Waals surface area contributed by atoms with Crippen LogP contribution in [-0.4, -0.2) is 33.9 Å². The Kier molecular flexibility index (Phi) is 22.4. The lowest BCUT2D eigenvalue weighted by Gasteiger charge is -2.04. The van der Waals surface area contributed by atoms with E-state index in [0.717, 1.165) is 28.9 Å². The molecule has 5 rings (SSSR count). The number of halogens is 4. The van der Waals surface area contributed by atoms with Crippen LogP contribution in [0.25, 0.3) is 0 Å². The molecule has 55 heavy (non-hydrogen) atoms. The minimum atomic E-state index is -0.399. The monoisotopic (exact) mass is 822 g/mol. The number of aryl methyl sites for hydroxylation is 4. The van der Waals surface area contributed by atoms with Gasteiger partial charge in [-0.3, -0.25) is 24.0 Å². The summed E-state index contributed by atoms with van der Waals surface area (Å²) in [5, 5.41) is -1.58. The van der Waals surface area contributed by atoms with E-state index in [-0.39, 0.29) is 11.0 Å². The van der Waals surface area contributed by atoms with Gasteiger partial charge in [-0.1, -0.05) is 98.6 Å². The number of carbonyl (C=O) groups is 5. The van der Waals surface area contributed by atoms with Crippen LogP contribution in [0.2, 0.25) is 0 Å². The molecule has 0 aliphatic carbocycles. The molecule has 0 atom stereocenters. The molecule has 0 aliphatic heterocycles. The Labute approximate surface area is 344 Å². The van der Waals surface area contributed by atoms with E-state index >= 15 is 0 Å². The van der Waals surface area contributed by atoms with Crippen LogP contribution in [0, 0.1) is 20.8 Å².